The van der Waals surface area contributed by atoms with Crippen molar-refractivity contribution in [2.75, 3.05) is 0 Å². The van der Waals surface area contributed by atoms with Crippen LogP contribution in [0.15, 0.2) is 106 Å². The van der Waals surface area contributed by atoms with Crippen LogP contribution in [0.3, 0.4) is 0 Å². The van der Waals surface area contributed by atoms with Crippen molar-refractivity contribution in [3.63, 3.8) is 0 Å². The van der Waals surface area contributed by atoms with E-state index in [0.717, 1.165) is 20.1 Å². The van der Waals surface area contributed by atoms with Crippen LogP contribution in [0.4, 0.5) is 0 Å². The van der Waals surface area contributed by atoms with Gasteiger partial charge in [-0.1, -0.05) is 117 Å². The van der Waals surface area contributed by atoms with Crippen LogP contribution in [0.5, 0.6) is 0 Å². The Morgan fingerprint density at radius 3 is 1.44 bits per heavy atom. The Labute approximate surface area is 266 Å². The van der Waals surface area contributed by atoms with Crippen molar-refractivity contribution in [1.29, 1.82) is 0 Å². The second-order valence-electron chi connectivity index (χ2n) is 7.94. The number of hydrogen-bond acceptors (Lipinski definition) is 6. The SMILES string of the molecule is CC(=O)OCc1ccc(C(=O)c2ccccc2)cc1Br.O=C(c1ccccc1)c1ccc(CO)c(Br)c1.[Na+].[OH-]. The number of carbonyl (C=O) groups is 3. The molecule has 196 valence electrons. The Morgan fingerprint density at radius 2 is 1.08 bits per heavy atom. The Morgan fingerprint density at radius 1 is 0.667 bits per heavy atom. The van der Waals surface area contributed by atoms with Crippen molar-refractivity contribution in [2.45, 2.75) is 20.1 Å². The summed E-state index contributed by atoms with van der Waals surface area (Å²) >= 11 is 6.73. The number of hydrogen-bond donors (Lipinski definition) is 1. The zero-order valence-corrected chi connectivity index (χ0v) is 26.6. The molecule has 0 aliphatic carbocycles. The van der Waals surface area contributed by atoms with E-state index in [0.29, 0.717) is 22.3 Å². The molecule has 0 fully saturated rings. The minimum Gasteiger partial charge on any atom is -0.870 e. The van der Waals surface area contributed by atoms with Gasteiger partial charge in [-0.3, -0.25) is 14.4 Å². The maximum Gasteiger partial charge on any atom is 1.00 e. The van der Waals surface area contributed by atoms with Crippen LogP contribution in [-0.4, -0.2) is 28.1 Å². The summed E-state index contributed by atoms with van der Waals surface area (Å²) in [6.07, 6.45) is 0. The van der Waals surface area contributed by atoms with Crippen LogP contribution in [0.1, 0.15) is 49.9 Å². The molecule has 39 heavy (non-hydrogen) atoms. The molecule has 0 saturated heterocycles. The number of ketones is 2. The third kappa shape index (κ3) is 10.2. The Balaban J connectivity index is 0.000000375. The van der Waals surface area contributed by atoms with E-state index in [4.69, 9.17) is 9.84 Å². The van der Waals surface area contributed by atoms with Crippen LogP contribution < -0.4 is 29.6 Å². The van der Waals surface area contributed by atoms with Crippen LogP contribution in [-0.2, 0) is 22.7 Å². The average molecular weight is 664 g/mol. The van der Waals surface area contributed by atoms with E-state index in [-0.39, 0.29) is 65.8 Å². The maximum absolute atomic E-state index is 12.3. The first kappa shape index (κ1) is 34.6. The molecule has 0 aliphatic heterocycles. The van der Waals surface area contributed by atoms with Gasteiger partial charge in [0, 0.05) is 43.7 Å². The number of ether oxygens (including phenoxy) is 1. The molecule has 9 heteroatoms. The van der Waals surface area contributed by atoms with E-state index in [1.54, 1.807) is 60.7 Å². The quantitative estimate of drug-likeness (QED) is 0.183. The van der Waals surface area contributed by atoms with E-state index < -0.39 is 0 Å². The number of rotatable bonds is 7. The Bertz CT molecular complexity index is 1400. The summed E-state index contributed by atoms with van der Waals surface area (Å²) in [6.45, 7) is 1.51. The molecule has 0 heterocycles. The first-order chi connectivity index (χ1) is 17.8. The molecule has 2 N–H and O–H groups in total. The first-order valence-electron chi connectivity index (χ1n) is 11.3. The number of aliphatic hydroxyl groups excluding tert-OH is 1. The summed E-state index contributed by atoms with van der Waals surface area (Å²) in [5.41, 5.74) is 4.11. The summed E-state index contributed by atoms with van der Waals surface area (Å²) in [5.74, 6) is -0.387. The fourth-order valence-corrected chi connectivity index (χ4v) is 4.31. The van der Waals surface area contributed by atoms with Gasteiger partial charge in [0.05, 0.1) is 6.61 Å². The summed E-state index contributed by atoms with van der Waals surface area (Å²) in [7, 11) is 0. The molecule has 0 aromatic heterocycles. The van der Waals surface area contributed by atoms with Gasteiger partial charge in [-0.15, -0.1) is 0 Å². The Hall–Kier alpha value is -2.43. The van der Waals surface area contributed by atoms with Crippen LogP contribution in [0.2, 0.25) is 0 Å². The first-order valence-corrected chi connectivity index (χ1v) is 12.9. The van der Waals surface area contributed by atoms with Crippen molar-refractivity contribution in [1.82, 2.24) is 0 Å². The van der Waals surface area contributed by atoms with Crippen LogP contribution >= 0.6 is 31.9 Å². The number of halogens is 2. The largest absolute Gasteiger partial charge is 1.00 e. The molecule has 0 saturated carbocycles. The van der Waals surface area contributed by atoms with Gasteiger partial charge in [0.15, 0.2) is 11.6 Å². The van der Waals surface area contributed by atoms with E-state index in [2.05, 4.69) is 31.9 Å². The van der Waals surface area contributed by atoms with Crippen molar-refractivity contribution in [3.05, 3.63) is 139 Å². The van der Waals surface area contributed by atoms with Crippen molar-refractivity contribution in [3.8, 4) is 0 Å². The van der Waals surface area contributed by atoms with Gasteiger partial charge in [0.1, 0.15) is 6.61 Å². The topological polar surface area (TPSA) is 111 Å². The molecule has 0 unspecified atom stereocenters. The fourth-order valence-electron chi connectivity index (χ4n) is 3.31. The smallest absolute Gasteiger partial charge is 0.870 e. The van der Waals surface area contributed by atoms with Crippen LogP contribution in [0.25, 0.3) is 0 Å². The molecule has 0 bridgehead atoms. The van der Waals surface area contributed by atoms with E-state index in [1.165, 1.54) is 6.92 Å². The number of carbonyl (C=O) groups excluding carboxylic acids is 3. The number of esters is 1. The molecule has 0 atom stereocenters. The Kier molecular flexibility index (Phi) is 15.3. The van der Waals surface area contributed by atoms with E-state index in [1.807, 2.05) is 36.4 Å². The second kappa shape index (κ2) is 17.3. The van der Waals surface area contributed by atoms with Crippen LogP contribution in [0, 0.1) is 0 Å². The minimum absolute atomic E-state index is 0. The van der Waals surface area contributed by atoms with Crippen molar-refractivity contribution in [2.24, 2.45) is 0 Å². The molecular formula is C30H25Br2NaO6. The van der Waals surface area contributed by atoms with Gasteiger partial charge in [-0.05, 0) is 17.7 Å². The summed E-state index contributed by atoms with van der Waals surface area (Å²) < 4.78 is 6.44. The fraction of sp³-hybridized carbons (Fsp3) is 0.100. The van der Waals surface area contributed by atoms with Gasteiger partial charge in [-0.2, -0.15) is 0 Å². The molecule has 4 aromatic rings. The normalized spacial score (nSPS) is 9.64. The predicted octanol–water partition coefficient (Wildman–Crippen LogP) is 3.74. The molecular weight excluding hydrogens is 639 g/mol. The molecule has 6 nitrogen and oxygen atoms in total. The van der Waals surface area contributed by atoms with Gasteiger partial charge in [0.2, 0.25) is 0 Å². The zero-order chi connectivity index (χ0) is 26.8. The monoisotopic (exact) mass is 662 g/mol. The molecule has 0 aliphatic rings. The summed E-state index contributed by atoms with van der Waals surface area (Å²) in [6, 6.07) is 28.7. The standard InChI is InChI=1S/C16H13BrO3.C14H11BrO2.Na.H2O/c1-11(18)20-10-14-8-7-13(9-15(14)17)16(19)12-5-3-2-4-6-12;15-13-8-11(6-7-12(13)9-16)14(17)10-4-2-1-3-5-10;;/h2-9H,10H2,1H3;1-8,16H,9H2;;1H2/q;;+1;/p-1. The van der Waals surface area contributed by atoms with E-state index in [9.17, 15) is 14.4 Å². The predicted molar refractivity (Wildman–Crippen MR) is 151 cm³/mol. The second-order valence-corrected chi connectivity index (χ2v) is 9.65. The molecule has 4 aromatic carbocycles. The van der Waals surface area contributed by atoms with Gasteiger partial charge >= 0.3 is 35.5 Å². The number of benzene rings is 4. The number of aliphatic hydroxyl groups is 1. The maximum atomic E-state index is 12.3. The average Bonchev–Trinajstić information content (AvgIpc) is 2.92. The summed E-state index contributed by atoms with van der Waals surface area (Å²) in [4.78, 5) is 35.2. The van der Waals surface area contributed by atoms with Gasteiger partial charge in [0.25, 0.3) is 0 Å². The molecule has 0 radical (unpaired) electrons. The molecule has 0 spiro atoms. The van der Waals surface area contributed by atoms with Crippen molar-refractivity contribution < 1.29 is 59.3 Å². The van der Waals surface area contributed by atoms with E-state index >= 15 is 0 Å². The third-order valence-corrected chi connectivity index (χ3v) is 6.78. The van der Waals surface area contributed by atoms with Crippen molar-refractivity contribution >= 4 is 49.4 Å². The minimum atomic E-state index is -0.332. The summed E-state index contributed by atoms with van der Waals surface area (Å²) in [5, 5.41) is 9.05. The molecule has 4 rings (SSSR count). The zero-order valence-electron chi connectivity index (χ0n) is 21.4. The molecule has 0 amide bonds. The van der Waals surface area contributed by atoms with Gasteiger partial charge in [-0.25, -0.2) is 0 Å². The third-order valence-electron chi connectivity index (χ3n) is 5.30. The van der Waals surface area contributed by atoms with Gasteiger partial charge < -0.3 is 15.3 Å².